The minimum Gasteiger partial charge on any atom is -0.314 e. The largest absolute Gasteiger partial charge is 0.314 e. The molecule has 1 heterocycles. The highest BCUT2D eigenvalue weighted by Gasteiger charge is 2.50. The van der Waals surface area contributed by atoms with Gasteiger partial charge in [-0.15, -0.1) is 0 Å². The fourth-order valence-electron chi connectivity index (χ4n) is 2.44. The van der Waals surface area contributed by atoms with E-state index in [9.17, 15) is 0 Å². The van der Waals surface area contributed by atoms with Gasteiger partial charge in [-0.25, -0.2) is 0 Å². The van der Waals surface area contributed by atoms with Gasteiger partial charge in [-0.05, 0) is 12.8 Å². The lowest BCUT2D eigenvalue weighted by Crippen LogP contribution is -2.44. The Morgan fingerprint density at radius 1 is 1.00 bits per heavy atom. The Hall–Kier alpha value is -0.0800. The summed E-state index contributed by atoms with van der Waals surface area (Å²) >= 11 is 0. The summed E-state index contributed by atoms with van der Waals surface area (Å²) in [5.41, 5.74) is 0. The molecule has 2 atom stereocenters. The maximum absolute atomic E-state index is 5.79. The number of ether oxygens (including phenoxy) is 1. The topological polar surface area (TPSA) is 12.5 Å². The molecule has 0 bridgehead atoms. The van der Waals surface area contributed by atoms with Crippen molar-refractivity contribution in [3.05, 3.63) is 0 Å². The number of hydrogen-bond donors (Lipinski definition) is 0. The van der Waals surface area contributed by atoms with Gasteiger partial charge >= 0.3 is 0 Å². The quantitative estimate of drug-likeness (QED) is 0.343. The van der Waals surface area contributed by atoms with Gasteiger partial charge in [0, 0.05) is 0 Å². The SMILES string of the molecule is CCCCCCC1OC1[N+](C)(C)CCC. The van der Waals surface area contributed by atoms with E-state index < -0.39 is 0 Å². The Balaban J connectivity index is 2.11. The van der Waals surface area contributed by atoms with Gasteiger partial charge in [0.25, 0.3) is 0 Å². The van der Waals surface area contributed by atoms with Crippen LogP contribution in [0.5, 0.6) is 0 Å². The minimum atomic E-state index is 0.492. The molecule has 0 aromatic heterocycles. The van der Waals surface area contributed by atoms with E-state index in [-0.39, 0.29) is 0 Å². The summed E-state index contributed by atoms with van der Waals surface area (Å²) in [6, 6.07) is 0. The smallest absolute Gasteiger partial charge is 0.220 e. The van der Waals surface area contributed by atoms with E-state index in [1.165, 1.54) is 45.1 Å². The fraction of sp³-hybridized carbons (Fsp3) is 1.00. The average Bonchev–Trinajstić information content (AvgIpc) is 2.92. The van der Waals surface area contributed by atoms with Crippen molar-refractivity contribution >= 4 is 0 Å². The molecule has 1 fully saturated rings. The summed E-state index contributed by atoms with van der Waals surface area (Å²) < 4.78 is 6.84. The molecule has 0 radical (unpaired) electrons. The normalized spacial score (nSPS) is 25.6. The number of likely N-dealkylation sites (N-methyl/N-ethyl adjacent to an activating group) is 1. The van der Waals surface area contributed by atoms with Crippen LogP contribution >= 0.6 is 0 Å². The summed E-state index contributed by atoms with van der Waals surface area (Å²) in [4.78, 5) is 0. The van der Waals surface area contributed by atoms with Crippen molar-refractivity contribution in [3.8, 4) is 0 Å². The Morgan fingerprint density at radius 2 is 1.73 bits per heavy atom. The van der Waals surface area contributed by atoms with Gasteiger partial charge in [-0.1, -0.05) is 39.5 Å². The second-order valence-electron chi connectivity index (χ2n) is 5.42. The first kappa shape index (κ1) is 13.0. The molecule has 0 amide bonds. The molecular formula is C13H28NO+. The maximum atomic E-state index is 5.79. The number of epoxide rings is 1. The summed E-state index contributed by atoms with van der Waals surface area (Å²) in [5.74, 6) is 0. The first-order valence-corrected chi connectivity index (χ1v) is 6.60. The van der Waals surface area contributed by atoms with Crippen molar-refractivity contribution < 1.29 is 9.22 Å². The fourth-order valence-corrected chi connectivity index (χ4v) is 2.44. The molecular weight excluding hydrogens is 186 g/mol. The van der Waals surface area contributed by atoms with E-state index in [0.717, 1.165) is 4.48 Å². The zero-order valence-corrected chi connectivity index (χ0v) is 11.0. The van der Waals surface area contributed by atoms with Crippen molar-refractivity contribution in [2.24, 2.45) is 0 Å². The Morgan fingerprint density at radius 3 is 2.33 bits per heavy atom. The number of hydrogen-bond acceptors (Lipinski definition) is 1. The molecule has 1 aliphatic rings. The standard InChI is InChI=1S/C13H28NO/c1-5-7-8-9-10-12-13(15-12)14(3,4)11-6-2/h12-13H,5-11H2,1-4H3/q+1. The van der Waals surface area contributed by atoms with Gasteiger partial charge in [-0.2, -0.15) is 0 Å². The third kappa shape index (κ3) is 4.12. The van der Waals surface area contributed by atoms with Crippen LogP contribution in [-0.2, 0) is 4.74 Å². The van der Waals surface area contributed by atoms with Crippen LogP contribution in [0.25, 0.3) is 0 Å². The van der Waals surface area contributed by atoms with Gasteiger partial charge in [0.1, 0.15) is 6.10 Å². The van der Waals surface area contributed by atoms with E-state index in [1.54, 1.807) is 0 Å². The summed E-state index contributed by atoms with van der Waals surface area (Å²) in [5, 5.41) is 0. The molecule has 15 heavy (non-hydrogen) atoms. The number of rotatable bonds is 8. The predicted octanol–water partition coefficient (Wildman–Crippen LogP) is 3.17. The van der Waals surface area contributed by atoms with Crippen LogP contribution in [0.2, 0.25) is 0 Å². The average molecular weight is 214 g/mol. The van der Waals surface area contributed by atoms with E-state index in [1.807, 2.05) is 0 Å². The third-order valence-corrected chi connectivity index (χ3v) is 3.39. The zero-order chi connectivity index (χ0) is 11.3. The predicted molar refractivity (Wildman–Crippen MR) is 64.7 cm³/mol. The second kappa shape index (κ2) is 5.86. The van der Waals surface area contributed by atoms with Gasteiger partial charge in [-0.3, -0.25) is 0 Å². The molecule has 0 saturated carbocycles. The zero-order valence-electron chi connectivity index (χ0n) is 11.0. The van der Waals surface area contributed by atoms with Crippen molar-refractivity contribution in [1.29, 1.82) is 0 Å². The highest BCUT2D eigenvalue weighted by molar-refractivity contribution is 4.77. The number of nitrogens with zero attached hydrogens (tertiary/aromatic N) is 1. The molecule has 1 saturated heterocycles. The second-order valence-corrected chi connectivity index (χ2v) is 5.42. The van der Waals surface area contributed by atoms with Crippen molar-refractivity contribution in [2.45, 2.75) is 64.7 Å². The van der Waals surface area contributed by atoms with Crippen molar-refractivity contribution in [3.63, 3.8) is 0 Å². The van der Waals surface area contributed by atoms with Crippen LogP contribution in [0.4, 0.5) is 0 Å². The summed E-state index contributed by atoms with van der Waals surface area (Å²) in [6.07, 6.45) is 9.00. The first-order chi connectivity index (χ1) is 7.11. The van der Waals surface area contributed by atoms with E-state index in [4.69, 9.17) is 4.74 Å². The van der Waals surface area contributed by atoms with Crippen LogP contribution in [0.15, 0.2) is 0 Å². The van der Waals surface area contributed by atoms with Crippen LogP contribution in [0.1, 0.15) is 52.4 Å². The highest BCUT2D eigenvalue weighted by Crippen LogP contribution is 2.33. The molecule has 2 nitrogen and oxygen atoms in total. The maximum Gasteiger partial charge on any atom is 0.220 e. The Kier molecular flexibility index (Phi) is 5.07. The van der Waals surface area contributed by atoms with Gasteiger partial charge < -0.3 is 9.22 Å². The lowest BCUT2D eigenvalue weighted by Gasteiger charge is -2.27. The highest BCUT2D eigenvalue weighted by atomic mass is 16.6. The van der Waals surface area contributed by atoms with E-state index in [0.29, 0.717) is 12.3 Å². The van der Waals surface area contributed by atoms with E-state index >= 15 is 0 Å². The lowest BCUT2D eigenvalue weighted by atomic mass is 10.1. The molecule has 0 spiro atoms. The minimum absolute atomic E-state index is 0.492. The van der Waals surface area contributed by atoms with Crippen molar-refractivity contribution in [1.82, 2.24) is 0 Å². The molecule has 2 unspecified atom stereocenters. The Labute approximate surface area is 95.2 Å². The van der Waals surface area contributed by atoms with Crippen LogP contribution < -0.4 is 0 Å². The monoisotopic (exact) mass is 214 g/mol. The number of unbranched alkanes of at least 4 members (excludes halogenated alkanes) is 3. The summed E-state index contributed by atoms with van der Waals surface area (Å²) in [7, 11) is 4.58. The van der Waals surface area contributed by atoms with Crippen LogP contribution in [0.3, 0.4) is 0 Å². The molecule has 1 aliphatic heterocycles. The molecule has 2 heteroatoms. The number of quaternary nitrogens is 1. The molecule has 90 valence electrons. The molecule has 1 rings (SSSR count). The van der Waals surface area contributed by atoms with Gasteiger partial charge in [0.15, 0.2) is 0 Å². The molecule has 0 N–H and O–H groups in total. The van der Waals surface area contributed by atoms with Crippen LogP contribution in [0, 0.1) is 0 Å². The third-order valence-electron chi connectivity index (χ3n) is 3.39. The molecule has 0 aromatic rings. The van der Waals surface area contributed by atoms with Crippen molar-refractivity contribution in [2.75, 3.05) is 20.6 Å². The van der Waals surface area contributed by atoms with Gasteiger partial charge in [0.05, 0.1) is 20.6 Å². The molecule has 0 aliphatic carbocycles. The lowest BCUT2D eigenvalue weighted by molar-refractivity contribution is -0.911. The molecule has 0 aromatic carbocycles. The van der Waals surface area contributed by atoms with E-state index in [2.05, 4.69) is 27.9 Å². The van der Waals surface area contributed by atoms with Crippen LogP contribution in [-0.4, -0.2) is 37.5 Å². The first-order valence-electron chi connectivity index (χ1n) is 6.60. The van der Waals surface area contributed by atoms with Gasteiger partial charge in [0.2, 0.25) is 6.23 Å². The Bertz CT molecular complexity index is 179. The summed E-state index contributed by atoms with van der Waals surface area (Å²) in [6.45, 7) is 5.74.